The molecule has 8 bridgehead atoms. The molecule has 8 aliphatic rings. The Bertz CT molecular complexity index is 902. The number of carbonyl (C=O) groups excluding carboxylic acids is 3. The number of aliphatic hydroxyl groups excluding tert-OH is 1. The highest BCUT2D eigenvalue weighted by Gasteiger charge is 2.58. The molecule has 0 aromatic carbocycles. The van der Waals surface area contributed by atoms with Crippen molar-refractivity contribution in [1.82, 2.24) is 0 Å². The fourth-order valence-electron chi connectivity index (χ4n) is 10.7. The van der Waals surface area contributed by atoms with Crippen molar-refractivity contribution in [3.63, 3.8) is 0 Å². The number of Topliss-reactive ketones (excluding diaryl/α,β-unsaturated/α-hetero) is 2. The Morgan fingerprint density at radius 3 is 1.89 bits per heavy atom. The van der Waals surface area contributed by atoms with Crippen molar-refractivity contribution in [2.45, 2.75) is 71.5 Å². The average Bonchev–Trinajstić information content (AvgIpc) is 2.82. The molecule has 0 amide bonds. The highest BCUT2D eigenvalue weighted by atomic mass is 16.6. The SMILES string of the molecule is CC(=O)[C@@H]1C2CC3CC(C2)C([C@@H](O)OCCOCCOC(=O)[C@@H]2C4CC5CC(C4)[C@H](C(C)=O)C2C5)C1C3. The van der Waals surface area contributed by atoms with E-state index in [4.69, 9.17) is 14.2 Å². The van der Waals surface area contributed by atoms with Gasteiger partial charge in [0, 0.05) is 17.8 Å². The first kappa shape index (κ1) is 25.9. The predicted molar refractivity (Wildman–Crippen MR) is 134 cm³/mol. The van der Waals surface area contributed by atoms with Crippen molar-refractivity contribution in [3.05, 3.63) is 0 Å². The summed E-state index contributed by atoms with van der Waals surface area (Å²) < 4.78 is 17.1. The van der Waals surface area contributed by atoms with E-state index < -0.39 is 6.29 Å². The molecule has 1 N–H and O–H groups in total. The van der Waals surface area contributed by atoms with E-state index in [-0.39, 0.29) is 66.3 Å². The molecule has 0 aromatic rings. The average molecular weight is 517 g/mol. The van der Waals surface area contributed by atoms with Crippen LogP contribution in [0.25, 0.3) is 0 Å². The Morgan fingerprint density at radius 1 is 0.676 bits per heavy atom. The van der Waals surface area contributed by atoms with Crippen LogP contribution in [0.3, 0.4) is 0 Å². The smallest absolute Gasteiger partial charge is 0.309 e. The number of esters is 1. The monoisotopic (exact) mass is 516 g/mol. The lowest BCUT2D eigenvalue weighted by atomic mass is 9.47. The lowest BCUT2D eigenvalue weighted by Gasteiger charge is -2.58. The van der Waals surface area contributed by atoms with Gasteiger partial charge in [-0.15, -0.1) is 0 Å². The second-order valence-corrected chi connectivity index (χ2v) is 13.4. The van der Waals surface area contributed by atoms with Crippen molar-refractivity contribution in [2.75, 3.05) is 26.4 Å². The molecule has 0 heterocycles. The number of ether oxygens (including phenoxy) is 3. The van der Waals surface area contributed by atoms with E-state index in [0.717, 1.165) is 44.9 Å². The van der Waals surface area contributed by atoms with E-state index >= 15 is 0 Å². The largest absolute Gasteiger partial charge is 0.463 e. The molecule has 8 rings (SSSR count). The normalized spacial score (nSPS) is 45.7. The zero-order valence-corrected chi connectivity index (χ0v) is 22.4. The van der Waals surface area contributed by atoms with Crippen molar-refractivity contribution in [1.29, 1.82) is 0 Å². The maximum atomic E-state index is 13.0. The highest BCUT2D eigenvalue weighted by Crippen LogP contribution is 2.61. The van der Waals surface area contributed by atoms with Gasteiger partial charge in [-0.2, -0.15) is 0 Å². The first-order valence-electron chi connectivity index (χ1n) is 14.9. The Morgan fingerprint density at radius 2 is 1.22 bits per heavy atom. The van der Waals surface area contributed by atoms with Crippen LogP contribution in [0.2, 0.25) is 0 Å². The molecule has 8 aliphatic carbocycles. The van der Waals surface area contributed by atoms with Gasteiger partial charge >= 0.3 is 5.97 Å². The summed E-state index contributed by atoms with van der Waals surface area (Å²) in [5.74, 6) is 3.98. The fourth-order valence-corrected chi connectivity index (χ4v) is 10.7. The van der Waals surface area contributed by atoms with Crippen LogP contribution < -0.4 is 0 Å². The van der Waals surface area contributed by atoms with Gasteiger partial charge < -0.3 is 19.3 Å². The molecular weight excluding hydrogens is 472 g/mol. The van der Waals surface area contributed by atoms with Crippen LogP contribution in [-0.2, 0) is 28.6 Å². The number of rotatable bonds is 11. The van der Waals surface area contributed by atoms with E-state index in [1.54, 1.807) is 13.8 Å². The van der Waals surface area contributed by atoms with Gasteiger partial charge in [0.05, 0.1) is 25.7 Å². The van der Waals surface area contributed by atoms with Crippen LogP contribution in [0.15, 0.2) is 0 Å². The zero-order chi connectivity index (χ0) is 25.8. The molecule has 7 heteroatoms. The summed E-state index contributed by atoms with van der Waals surface area (Å²) in [6, 6.07) is 0. The molecule has 8 fully saturated rings. The Kier molecular flexibility index (Phi) is 7.25. The number of ketones is 2. The summed E-state index contributed by atoms with van der Waals surface area (Å²) in [5, 5.41) is 10.9. The summed E-state index contributed by atoms with van der Waals surface area (Å²) in [4.78, 5) is 37.6. The third-order valence-electron chi connectivity index (χ3n) is 11.4. The van der Waals surface area contributed by atoms with Crippen LogP contribution in [0.4, 0.5) is 0 Å². The summed E-state index contributed by atoms with van der Waals surface area (Å²) in [7, 11) is 0. The molecule has 9 unspecified atom stereocenters. The lowest BCUT2D eigenvalue weighted by Crippen LogP contribution is -2.56. The van der Waals surface area contributed by atoms with E-state index in [2.05, 4.69) is 0 Å². The molecule has 13 atom stereocenters. The van der Waals surface area contributed by atoms with Gasteiger partial charge in [0.25, 0.3) is 0 Å². The minimum absolute atomic E-state index is 0.0328. The molecule has 0 aliphatic heterocycles. The van der Waals surface area contributed by atoms with Crippen LogP contribution in [0, 0.1) is 71.0 Å². The summed E-state index contributed by atoms with van der Waals surface area (Å²) in [6.45, 7) is 4.49. The fraction of sp³-hybridized carbons (Fsp3) is 0.900. The van der Waals surface area contributed by atoms with E-state index in [1.807, 2.05) is 0 Å². The van der Waals surface area contributed by atoms with Crippen molar-refractivity contribution < 1.29 is 33.7 Å². The van der Waals surface area contributed by atoms with E-state index in [9.17, 15) is 19.5 Å². The number of hydrogen-bond acceptors (Lipinski definition) is 7. The van der Waals surface area contributed by atoms with Crippen molar-refractivity contribution in [2.24, 2.45) is 71.0 Å². The van der Waals surface area contributed by atoms with Gasteiger partial charge in [-0.05, 0) is 113 Å². The summed E-state index contributed by atoms with van der Waals surface area (Å²) in [5.41, 5.74) is 0. The molecule has 0 radical (unpaired) electrons. The third-order valence-corrected chi connectivity index (χ3v) is 11.4. The maximum Gasteiger partial charge on any atom is 0.309 e. The molecule has 37 heavy (non-hydrogen) atoms. The van der Waals surface area contributed by atoms with Gasteiger partial charge in [0.2, 0.25) is 0 Å². The Hall–Kier alpha value is -1.31. The van der Waals surface area contributed by atoms with Gasteiger partial charge in [0.1, 0.15) is 18.2 Å². The van der Waals surface area contributed by atoms with Crippen LogP contribution in [-0.4, -0.2) is 55.4 Å². The van der Waals surface area contributed by atoms with Gasteiger partial charge in [-0.25, -0.2) is 0 Å². The van der Waals surface area contributed by atoms with Crippen LogP contribution >= 0.6 is 0 Å². The van der Waals surface area contributed by atoms with Crippen LogP contribution in [0.5, 0.6) is 0 Å². The summed E-state index contributed by atoms with van der Waals surface area (Å²) in [6.07, 6.45) is 7.80. The first-order chi connectivity index (χ1) is 17.8. The molecule has 7 nitrogen and oxygen atoms in total. The Balaban J connectivity index is 0.914. The predicted octanol–water partition coefficient (Wildman–Crippen LogP) is 3.66. The molecule has 0 aromatic heterocycles. The maximum absolute atomic E-state index is 13.0. The molecule has 0 spiro atoms. The standard InChI is InChI=1S/C30H44O7/c1-15(31)25-19-7-17-9-21(13-19)27(23(25)11-17)29(33)36-5-3-35-4-6-37-30(34)28-22-10-18-8-20(14-22)26(16(2)32)24(28)12-18/h17-29,33H,3-14H2,1-2H3/t17?,18?,19?,20?,21?,22?,23?,24?,25-,26+,27?,28-,29+/m1/s1. The van der Waals surface area contributed by atoms with Gasteiger partial charge in [-0.3, -0.25) is 14.4 Å². The highest BCUT2D eigenvalue weighted by molar-refractivity contribution is 5.82. The van der Waals surface area contributed by atoms with Gasteiger partial charge in [-0.1, -0.05) is 0 Å². The topological polar surface area (TPSA) is 99.1 Å². The minimum Gasteiger partial charge on any atom is -0.463 e. The van der Waals surface area contributed by atoms with Crippen molar-refractivity contribution in [3.8, 4) is 0 Å². The second-order valence-electron chi connectivity index (χ2n) is 13.4. The number of aliphatic hydroxyl groups is 1. The summed E-state index contributed by atoms with van der Waals surface area (Å²) >= 11 is 0. The molecule has 0 saturated heterocycles. The van der Waals surface area contributed by atoms with E-state index in [1.165, 1.54) is 6.42 Å². The number of hydrogen-bond donors (Lipinski definition) is 1. The molecule has 206 valence electrons. The Labute approximate surface area is 220 Å². The van der Waals surface area contributed by atoms with Crippen molar-refractivity contribution >= 4 is 17.5 Å². The second kappa shape index (κ2) is 10.3. The zero-order valence-electron chi connectivity index (χ0n) is 22.4. The van der Waals surface area contributed by atoms with E-state index in [0.29, 0.717) is 48.7 Å². The minimum atomic E-state index is -0.857. The third kappa shape index (κ3) is 4.71. The number of carbonyl (C=O) groups is 3. The first-order valence-corrected chi connectivity index (χ1v) is 14.9. The molecular formula is C30H44O7. The van der Waals surface area contributed by atoms with Gasteiger partial charge in [0.15, 0.2) is 6.29 Å². The lowest BCUT2D eigenvalue weighted by molar-refractivity contribution is -0.214. The quantitative estimate of drug-likeness (QED) is 0.254. The molecule has 8 saturated carbocycles. The van der Waals surface area contributed by atoms with Crippen LogP contribution in [0.1, 0.15) is 65.2 Å².